The molecular weight excluding hydrogens is 382 g/mol. The summed E-state index contributed by atoms with van der Waals surface area (Å²) in [6.07, 6.45) is 4.01. The number of nitrogens with one attached hydrogen (secondary N) is 3. The van der Waals surface area contributed by atoms with Gasteiger partial charge in [-0.2, -0.15) is 0 Å². The molecule has 0 spiro atoms. The van der Waals surface area contributed by atoms with Crippen LogP contribution in [-0.4, -0.2) is 31.7 Å². The molecular formula is C23H29N3O4. The largest absolute Gasteiger partial charge is 0.493 e. The van der Waals surface area contributed by atoms with Gasteiger partial charge in [-0.1, -0.05) is 25.1 Å². The molecule has 2 rings (SSSR count). The van der Waals surface area contributed by atoms with E-state index in [1.807, 2.05) is 32.9 Å². The number of para-hydroxylation sites is 2. The summed E-state index contributed by atoms with van der Waals surface area (Å²) in [5.41, 5.74) is 1.82. The topological polar surface area (TPSA) is 88.7 Å². The van der Waals surface area contributed by atoms with Gasteiger partial charge in [0.1, 0.15) is 0 Å². The predicted molar refractivity (Wildman–Crippen MR) is 120 cm³/mol. The first-order valence-corrected chi connectivity index (χ1v) is 9.89. The van der Waals surface area contributed by atoms with Crippen molar-refractivity contribution in [2.75, 3.05) is 24.4 Å². The highest BCUT2D eigenvalue weighted by molar-refractivity contribution is 6.05. The van der Waals surface area contributed by atoms with Crippen LogP contribution < -0.4 is 25.4 Å². The smallest absolute Gasteiger partial charge is 0.319 e. The number of anilines is 2. The molecule has 0 bridgehead atoms. The number of urea groups is 1. The average molecular weight is 412 g/mol. The lowest BCUT2D eigenvalue weighted by atomic mass is 10.2. The zero-order valence-electron chi connectivity index (χ0n) is 17.8. The summed E-state index contributed by atoms with van der Waals surface area (Å²) in [7, 11) is 1.58. The second kappa shape index (κ2) is 11.5. The van der Waals surface area contributed by atoms with Gasteiger partial charge in [-0.25, -0.2) is 4.79 Å². The predicted octanol–water partition coefficient (Wildman–Crippen LogP) is 4.67. The maximum Gasteiger partial charge on any atom is 0.319 e. The van der Waals surface area contributed by atoms with Crippen molar-refractivity contribution in [3.05, 3.63) is 54.1 Å². The zero-order chi connectivity index (χ0) is 21.9. The Labute approximate surface area is 177 Å². The van der Waals surface area contributed by atoms with E-state index in [2.05, 4.69) is 16.0 Å². The second-order valence-electron chi connectivity index (χ2n) is 6.88. The normalized spacial score (nSPS) is 10.7. The molecule has 0 unspecified atom stereocenters. The number of carbonyl (C=O) groups excluding carboxylic acids is 2. The van der Waals surface area contributed by atoms with Crippen molar-refractivity contribution >= 4 is 29.4 Å². The fourth-order valence-corrected chi connectivity index (χ4v) is 2.59. The number of amides is 3. The molecule has 0 saturated carbocycles. The fourth-order valence-electron chi connectivity index (χ4n) is 2.59. The van der Waals surface area contributed by atoms with Gasteiger partial charge in [0.05, 0.1) is 25.1 Å². The molecule has 3 N–H and O–H groups in total. The molecule has 3 amide bonds. The summed E-state index contributed by atoms with van der Waals surface area (Å²) < 4.78 is 11.0. The van der Waals surface area contributed by atoms with Gasteiger partial charge in [0.15, 0.2) is 11.5 Å². The van der Waals surface area contributed by atoms with Crippen molar-refractivity contribution in [3.63, 3.8) is 0 Å². The van der Waals surface area contributed by atoms with E-state index in [0.717, 1.165) is 12.0 Å². The Kier molecular flexibility index (Phi) is 8.75. The number of hydrogen-bond acceptors (Lipinski definition) is 4. The van der Waals surface area contributed by atoms with E-state index >= 15 is 0 Å². The maximum atomic E-state index is 12.4. The lowest BCUT2D eigenvalue weighted by Gasteiger charge is -2.13. The third-order valence-corrected chi connectivity index (χ3v) is 3.93. The average Bonchev–Trinajstić information content (AvgIpc) is 2.71. The summed E-state index contributed by atoms with van der Waals surface area (Å²) in [6.45, 7) is 6.38. The van der Waals surface area contributed by atoms with Crippen molar-refractivity contribution < 1.29 is 19.1 Å². The van der Waals surface area contributed by atoms with Gasteiger partial charge in [-0.05, 0) is 56.2 Å². The van der Waals surface area contributed by atoms with Crippen LogP contribution in [0.3, 0.4) is 0 Å². The lowest BCUT2D eigenvalue weighted by Crippen LogP contribution is -2.34. The Morgan fingerprint density at radius 1 is 1.03 bits per heavy atom. The van der Waals surface area contributed by atoms with Crippen LogP contribution in [0, 0.1) is 0 Å². The minimum Gasteiger partial charge on any atom is -0.493 e. The van der Waals surface area contributed by atoms with Crippen molar-refractivity contribution in [1.29, 1.82) is 0 Å². The van der Waals surface area contributed by atoms with Crippen LogP contribution in [0.15, 0.2) is 48.5 Å². The molecule has 0 aromatic heterocycles. The maximum absolute atomic E-state index is 12.4. The SMILES string of the molecule is CCCOc1ccc(C=CC(=O)Nc2ccccc2NC(=O)NC(C)C)cc1OC. The number of benzene rings is 2. The molecule has 7 heteroatoms. The van der Waals surface area contributed by atoms with Crippen LogP contribution in [-0.2, 0) is 4.79 Å². The van der Waals surface area contributed by atoms with E-state index in [-0.39, 0.29) is 18.0 Å². The van der Waals surface area contributed by atoms with E-state index in [1.165, 1.54) is 6.08 Å². The summed E-state index contributed by atoms with van der Waals surface area (Å²) >= 11 is 0. The quantitative estimate of drug-likeness (QED) is 0.523. The van der Waals surface area contributed by atoms with Gasteiger partial charge < -0.3 is 25.4 Å². The van der Waals surface area contributed by atoms with Crippen molar-refractivity contribution in [3.8, 4) is 11.5 Å². The monoisotopic (exact) mass is 411 g/mol. The first-order chi connectivity index (χ1) is 14.4. The molecule has 0 heterocycles. The number of ether oxygens (including phenoxy) is 2. The van der Waals surface area contributed by atoms with Gasteiger partial charge in [-0.3, -0.25) is 4.79 Å². The summed E-state index contributed by atoms with van der Waals surface area (Å²) in [5, 5.41) is 8.27. The molecule has 0 atom stereocenters. The highest BCUT2D eigenvalue weighted by Gasteiger charge is 2.09. The number of rotatable bonds is 9. The van der Waals surface area contributed by atoms with Crippen LogP contribution in [0.25, 0.3) is 6.08 Å². The molecule has 0 aliphatic heterocycles. The Morgan fingerprint density at radius 3 is 2.37 bits per heavy atom. The number of hydrogen-bond donors (Lipinski definition) is 3. The molecule has 30 heavy (non-hydrogen) atoms. The Bertz CT molecular complexity index is 894. The summed E-state index contributed by atoms with van der Waals surface area (Å²) in [5.74, 6) is 0.955. The number of methoxy groups -OCH3 is 1. The fraction of sp³-hybridized carbons (Fsp3) is 0.304. The first kappa shape index (κ1) is 22.8. The third kappa shape index (κ3) is 7.16. The van der Waals surface area contributed by atoms with Crippen LogP contribution in [0.5, 0.6) is 11.5 Å². The first-order valence-electron chi connectivity index (χ1n) is 9.89. The third-order valence-electron chi connectivity index (χ3n) is 3.93. The summed E-state index contributed by atoms with van der Waals surface area (Å²) in [4.78, 5) is 24.3. The molecule has 160 valence electrons. The van der Waals surface area contributed by atoms with Crippen LogP contribution >= 0.6 is 0 Å². The number of carbonyl (C=O) groups is 2. The van der Waals surface area contributed by atoms with Crippen molar-refractivity contribution in [2.45, 2.75) is 33.2 Å². The highest BCUT2D eigenvalue weighted by atomic mass is 16.5. The molecule has 0 fully saturated rings. The van der Waals surface area contributed by atoms with Gasteiger partial charge in [0.25, 0.3) is 0 Å². The molecule has 0 aliphatic carbocycles. The molecule has 2 aromatic carbocycles. The zero-order valence-corrected chi connectivity index (χ0v) is 17.8. The Balaban J connectivity index is 2.05. The molecule has 2 aromatic rings. The highest BCUT2D eigenvalue weighted by Crippen LogP contribution is 2.28. The molecule has 0 radical (unpaired) electrons. The van der Waals surface area contributed by atoms with E-state index < -0.39 is 0 Å². The minimum atomic E-state index is -0.334. The van der Waals surface area contributed by atoms with E-state index in [0.29, 0.717) is 29.5 Å². The van der Waals surface area contributed by atoms with E-state index in [4.69, 9.17) is 9.47 Å². The van der Waals surface area contributed by atoms with Gasteiger partial charge in [0.2, 0.25) is 5.91 Å². The minimum absolute atomic E-state index is 0.00504. The van der Waals surface area contributed by atoms with Crippen LogP contribution in [0.1, 0.15) is 32.8 Å². The Hall–Kier alpha value is -3.48. The Morgan fingerprint density at radius 2 is 1.73 bits per heavy atom. The molecule has 7 nitrogen and oxygen atoms in total. The standard InChI is InChI=1S/C23H29N3O4/c1-5-14-30-20-12-10-17(15-21(20)29-4)11-13-22(27)25-18-8-6-7-9-19(18)26-23(28)24-16(2)3/h6-13,15-16H,5,14H2,1-4H3,(H,25,27)(H2,24,26,28). The van der Waals surface area contributed by atoms with Gasteiger partial charge in [-0.15, -0.1) is 0 Å². The van der Waals surface area contributed by atoms with Crippen LogP contribution in [0.4, 0.5) is 16.2 Å². The summed E-state index contributed by atoms with van der Waals surface area (Å²) in [6, 6.07) is 12.2. The van der Waals surface area contributed by atoms with Crippen LogP contribution in [0.2, 0.25) is 0 Å². The van der Waals surface area contributed by atoms with Gasteiger partial charge in [0, 0.05) is 12.1 Å². The van der Waals surface area contributed by atoms with E-state index in [1.54, 1.807) is 43.5 Å². The molecule has 0 aliphatic rings. The lowest BCUT2D eigenvalue weighted by molar-refractivity contribution is -0.111. The second-order valence-corrected chi connectivity index (χ2v) is 6.88. The van der Waals surface area contributed by atoms with Gasteiger partial charge >= 0.3 is 6.03 Å². The van der Waals surface area contributed by atoms with E-state index in [9.17, 15) is 9.59 Å². The molecule has 0 saturated heterocycles. The van der Waals surface area contributed by atoms with Crippen molar-refractivity contribution in [1.82, 2.24) is 5.32 Å². The van der Waals surface area contributed by atoms with Crippen molar-refractivity contribution in [2.24, 2.45) is 0 Å².